The van der Waals surface area contributed by atoms with Gasteiger partial charge >= 0.3 is 6.03 Å². The molecule has 2 aliphatic heterocycles. The minimum atomic E-state index is -0.227. The highest BCUT2D eigenvalue weighted by molar-refractivity contribution is 5.76. The molecule has 2 saturated heterocycles. The number of benzene rings is 2. The van der Waals surface area contributed by atoms with Crippen molar-refractivity contribution in [1.29, 1.82) is 0 Å². The van der Waals surface area contributed by atoms with Crippen molar-refractivity contribution in [2.45, 2.75) is 44.7 Å². The third-order valence-corrected chi connectivity index (χ3v) is 7.72. The first-order valence-electron chi connectivity index (χ1n) is 12.2. The summed E-state index contributed by atoms with van der Waals surface area (Å²) in [5, 5.41) is 3.19. The molecular formula is C27H34FN3O2. The summed E-state index contributed by atoms with van der Waals surface area (Å²) in [6, 6.07) is 15.0. The summed E-state index contributed by atoms with van der Waals surface area (Å²) in [6.45, 7) is 4.10. The number of carbonyl (C=O) groups excluding carboxylic acids is 1. The fourth-order valence-corrected chi connectivity index (χ4v) is 5.26. The van der Waals surface area contributed by atoms with E-state index in [-0.39, 0.29) is 23.3 Å². The Labute approximate surface area is 195 Å². The van der Waals surface area contributed by atoms with Gasteiger partial charge in [-0.3, -0.25) is 0 Å². The first kappa shape index (κ1) is 22.2. The molecular weight excluding hydrogens is 417 g/mol. The average molecular weight is 452 g/mol. The zero-order valence-electron chi connectivity index (χ0n) is 19.4. The van der Waals surface area contributed by atoms with E-state index in [9.17, 15) is 9.18 Å². The Morgan fingerprint density at radius 2 is 1.70 bits per heavy atom. The maximum atomic E-state index is 13.5. The molecule has 2 aromatic carbocycles. The minimum absolute atomic E-state index is 0.0132. The van der Waals surface area contributed by atoms with E-state index in [0.29, 0.717) is 13.1 Å². The Balaban J connectivity index is 1.37. The Hall–Kier alpha value is -2.60. The predicted molar refractivity (Wildman–Crippen MR) is 127 cm³/mol. The molecule has 1 saturated carbocycles. The van der Waals surface area contributed by atoms with E-state index in [2.05, 4.69) is 29.4 Å². The normalized spacial score (nSPS) is 22.9. The summed E-state index contributed by atoms with van der Waals surface area (Å²) < 4.78 is 19.4. The summed E-state index contributed by atoms with van der Waals surface area (Å²) in [5.41, 5.74) is 2.18. The minimum Gasteiger partial charge on any atom is -0.493 e. The number of halogens is 1. The Morgan fingerprint density at radius 3 is 2.36 bits per heavy atom. The van der Waals surface area contributed by atoms with Crippen LogP contribution in [0.3, 0.4) is 0 Å². The first-order chi connectivity index (χ1) is 16.0. The highest BCUT2D eigenvalue weighted by atomic mass is 19.1. The molecule has 2 heterocycles. The number of urea groups is 1. The number of nitrogens with one attached hydrogen (secondary N) is 1. The molecule has 0 radical (unpaired) electrons. The van der Waals surface area contributed by atoms with Crippen molar-refractivity contribution in [2.24, 2.45) is 11.3 Å². The van der Waals surface area contributed by atoms with Crippen molar-refractivity contribution in [3.05, 3.63) is 65.5 Å². The quantitative estimate of drug-likeness (QED) is 0.676. The maximum absolute atomic E-state index is 13.5. The predicted octanol–water partition coefficient (Wildman–Crippen LogP) is 4.46. The third kappa shape index (κ3) is 5.16. The number of hydrogen-bond acceptors (Lipinski definition) is 3. The summed E-state index contributed by atoms with van der Waals surface area (Å²) >= 11 is 0. The molecule has 0 bridgehead atoms. The Kier molecular flexibility index (Phi) is 6.28. The molecule has 2 aromatic rings. The van der Waals surface area contributed by atoms with Crippen LogP contribution in [0, 0.1) is 17.2 Å². The molecule has 5 rings (SSSR count). The lowest BCUT2D eigenvalue weighted by atomic mass is 9.68. The van der Waals surface area contributed by atoms with Crippen molar-refractivity contribution < 1.29 is 13.9 Å². The second-order valence-corrected chi connectivity index (χ2v) is 10.2. The molecule has 0 aromatic heterocycles. The van der Waals surface area contributed by atoms with E-state index in [1.54, 1.807) is 0 Å². The van der Waals surface area contributed by atoms with Gasteiger partial charge < -0.3 is 19.9 Å². The van der Waals surface area contributed by atoms with E-state index in [0.717, 1.165) is 61.8 Å². The van der Waals surface area contributed by atoms with Crippen LogP contribution >= 0.6 is 0 Å². The van der Waals surface area contributed by atoms with Crippen LogP contribution in [0.1, 0.15) is 36.8 Å². The topological polar surface area (TPSA) is 44.8 Å². The van der Waals surface area contributed by atoms with Gasteiger partial charge in [-0.2, -0.15) is 0 Å². The second kappa shape index (κ2) is 9.34. The van der Waals surface area contributed by atoms with Gasteiger partial charge in [0.1, 0.15) is 11.6 Å². The van der Waals surface area contributed by atoms with E-state index in [1.165, 1.54) is 25.0 Å². The van der Waals surface area contributed by atoms with Crippen molar-refractivity contribution in [3.63, 3.8) is 0 Å². The van der Waals surface area contributed by atoms with Crippen LogP contribution in [-0.2, 0) is 13.0 Å². The lowest BCUT2D eigenvalue weighted by molar-refractivity contribution is 0.00453. The average Bonchev–Trinajstić information content (AvgIpc) is 3.66. The Bertz CT molecular complexity index is 950. The molecule has 3 fully saturated rings. The second-order valence-electron chi connectivity index (χ2n) is 10.2. The van der Waals surface area contributed by atoms with Gasteiger partial charge in [-0.15, -0.1) is 0 Å². The van der Waals surface area contributed by atoms with E-state index in [4.69, 9.17) is 4.74 Å². The molecule has 1 atom stereocenters. The van der Waals surface area contributed by atoms with Crippen LogP contribution in [0.25, 0.3) is 0 Å². The van der Waals surface area contributed by atoms with Gasteiger partial charge in [0.25, 0.3) is 0 Å². The van der Waals surface area contributed by atoms with Crippen LogP contribution in [0.2, 0.25) is 0 Å². The molecule has 176 valence electrons. The van der Waals surface area contributed by atoms with Gasteiger partial charge in [0.15, 0.2) is 0 Å². The zero-order chi connectivity index (χ0) is 22.8. The Morgan fingerprint density at radius 1 is 1.03 bits per heavy atom. The largest absolute Gasteiger partial charge is 0.493 e. The number of amides is 2. The van der Waals surface area contributed by atoms with Crippen LogP contribution in [-0.4, -0.2) is 55.2 Å². The van der Waals surface area contributed by atoms with Gasteiger partial charge in [-0.25, -0.2) is 9.18 Å². The van der Waals surface area contributed by atoms with Gasteiger partial charge in [0, 0.05) is 24.5 Å². The zero-order valence-corrected chi connectivity index (χ0v) is 19.4. The number of hydrogen-bond donors (Lipinski definition) is 1. The lowest BCUT2D eigenvalue weighted by Crippen LogP contribution is -2.65. The van der Waals surface area contributed by atoms with Gasteiger partial charge in [0.2, 0.25) is 0 Å². The summed E-state index contributed by atoms with van der Waals surface area (Å²) in [7, 11) is 2.16. The number of likely N-dealkylation sites (tertiary alicyclic amines) is 1. The number of piperidine rings is 1. The van der Waals surface area contributed by atoms with Gasteiger partial charge in [-0.1, -0.05) is 24.3 Å². The van der Waals surface area contributed by atoms with Crippen LogP contribution in [0.15, 0.2) is 48.5 Å². The summed E-state index contributed by atoms with van der Waals surface area (Å²) in [4.78, 5) is 17.5. The number of rotatable bonds is 7. The van der Waals surface area contributed by atoms with E-state index in [1.807, 2.05) is 29.2 Å². The van der Waals surface area contributed by atoms with E-state index < -0.39 is 0 Å². The molecule has 3 aliphatic rings. The maximum Gasteiger partial charge on any atom is 0.318 e. The number of ether oxygens (including phenoxy) is 1. The fourth-order valence-electron chi connectivity index (χ4n) is 5.26. The molecule has 1 aliphatic carbocycles. The molecule has 6 heteroatoms. The molecule has 1 unspecified atom stereocenters. The third-order valence-electron chi connectivity index (χ3n) is 7.72. The number of nitrogens with zero attached hydrogens (tertiary/aromatic N) is 2. The standard InChI is InChI=1S/C27H34FN3O2/c1-30-14-12-27(13-15-30)19-29-26(32)31(25(27)16-20-4-8-23(28)9-5-20)17-21-6-10-24(11-7-21)33-18-22-2-3-22/h4-11,22,25H,2-3,12-19H2,1H3,(H,29,32). The van der Waals surface area contributed by atoms with Crippen molar-refractivity contribution in [2.75, 3.05) is 33.3 Å². The fraction of sp³-hybridized carbons (Fsp3) is 0.519. The molecule has 33 heavy (non-hydrogen) atoms. The van der Waals surface area contributed by atoms with Crippen LogP contribution < -0.4 is 10.1 Å². The van der Waals surface area contributed by atoms with Crippen molar-refractivity contribution in [3.8, 4) is 5.75 Å². The first-order valence-corrected chi connectivity index (χ1v) is 12.2. The SMILES string of the molecule is CN1CCC2(CC1)CNC(=O)N(Cc1ccc(OCC3CC3)cc1)C2Cc1ccc(F)cc1. The monoisotopic (exact) mass is 451 g/mol. The molecule has 1 N–H and O–H groups in total. The van der Waals surface area contributed by atoms with Crippen LogP contribution in [0.5, 0.6) is 5.75 Å². The van der Waals surface area contributed by atoms with Crippen molar-refractivity contribution >= 4 is 6.03 Å². The summed E-state index contributed by atoms with van der Waals surface area (Å²) in [5.74, 6) is 1.39. The van der Waals surface area contributed by atoms with E-state index >= 15 is 0 Å². The lowest BCUT2D eigenvalue weighted by Gasteiger charge is -2.53. The highest BCUT2D eigenvalue weighted by Gasteiger charge is 2.48. The summed E-state index contributed by atoms with van der Waals surface area (Å²) in [6.07, 6.45) is 5.37. The van der Waals surface area contributed by atoms with Gasteiger partial charge in [0.05, 0.1) is 6.61 Å². The number of carbonyl (C=O) groups is 1. The molecule has 1 spiro atoms. The van der Waals surface area contributed by atoms with Crippen LogP contribution in [0.4, 0.5) is 9.18 Å². The highest BCUT2D eigenvalue weighted by Crippen LogP contribution is 2.41. The molecule has 2 amide bonds. The van der Waals surface area contributed by atoms with Gasteiger partial charge in [-0.05, 0) is 93.6 Å². The van der Waals surface area contributed by atoms with Crippen molar-refractivity contribution in [1.82, 2.24) is 15.1 Å². The smallest absolute Gasteiger partial charge is 0.318 e. The molecule has 5 nitrogen and oxygen atoms in total.